The summed E-state index contributed by atoms with van der Waals surface area (Å²) in [6.07, 6.45) is 3.44. The van der Waals surface area contributed by atoms with Crippen LogP contribution in [0.3, 0.4) is 0 Å². The molecule has 0 saturated carbocycles. The zero-order valence-corrected chi connectivity index (χ0v) is 12.1. The summed E-state index contributed by atoms with van der Waals surface area (Å²) in [4.78, 5) is 0. The molecule has 0 spiro atoms. The second-order valence-corrected chi connectivity index (χ2v) is 5.19. The molecule has 19 heavy (non-hydrogen) atoms. The van der Waals surface area contributed by atoms with Crippen LogP contribution in [0, 0.1) is 6.92 Å². The molecule has 4 nitrogen and oxygen atoms in total. The first kappa shape index (κ1) is 13.9. The third-order valence-electron chi connectivity index (χ3n) is 2.94. The van der Waals surface area contributed by atoms with Crippen LogP contribution >= 0.6 is 11.6 Å². The molecule has 2 atom stereocenters. The van der Waals surface area contributed by atoms with E-state index in [0.717, 1.165) is 16.9 Å². The molecule has 0 fully saturated rings. The smallest absolute Gasteiger partial charge is 0.141 e. The molecule has 2 unspecified atom stereocenters. The standard InChI is InChI=1S/C14H18ClN3O/c1-9-4-5-12(15)6-13(9)19-14(10(2)16)11-7-17-18(3)8-11/h4-8,10,14H,16H2,1-3H3. The Labute approximate surface area is 118 Å². The van der Waals surface area contributed by atoms with Crippen molar-refractivity contribution in [3.8, 4) is 5.75 Å². The van der Waals surface area contributed by atoms with Crippen LogP contribution in [0.1, 0.15) is 24.2 Å². The van der Waals surface area contributed by atoms with E-state index in [1.165, 1.54) is 0 Å². The number of aryl methyl sites for hydroxylation is 2. The van der Waals surface area contributed by atoms with Gasteiger partial charge in [-0.05, 0) is 31.5 Å². The van der Waals surface area contributed by atoms with Gasteiger partial charge in [-0.1, -0.05) is 17.7 Å². The van der Waals surface area contributed by atoms with Crippen LogP contribution in [-0.4, -0.2) is 15.8 Å². The highest BCUT2D eigenvalue weighted by Gasteiger charge is 2.20. The Kier molecular flexibility index (Phi) is 4.12. The maximum atomic E-state index is 6.02. The molecule has 0 radical (unpaired) electrons. The lowest BCUT2D eigenvalue weighted by molar-refractivity contribution is 0.179. The number of aromatic nitrogens is 2. The molecule has 0 aliphatic carbocycles. The average Bonchev–Trinajstić information content (AvgIpc) is 2.76. The van der Waals surface area contributed by atoms with Crippen molar-refractivity contribution in [3.63, 3.8) is 0 Å². The summed E-state index contributed by atoms with van der Waals surface area (Å²) >= 11 is 6.00. The van der Waals surface area contributed by atoms with Crippen LogP contribution in [-0.2, 0) is 7.05 Å². The fourth-order valence-corrected chi connectivity index (χ4v) is 2.07. The molecule has 1 aromatic carbocycles. The summed E-state index contributed by atoms with van der Waals surface area (Å²) in [6, 6.07) is 5.43. The first-order valence-corrected chi connectivity index (χ1v) is 6.52. The number of halogens is 1. The van der Waals surface area contributed by atoms with Gasteiger partial charge in [0.1, 0.15) is 11.9 Å². The monoisotopic (exact) mass is 279 g/mol. The largest absolute Gasteiger partial charge is 0.484 e. The van der Waals surface area contributed by atoms with E-state index in [1.54, 1.807) is 10.9 Å². The van der Waals surface area contributed by atoms with Crippen molar-refractivity contribution in [3.05, 3.63) is 46.7 Å². The molecule has 2 rings (SSSR count). The maximum Gasteiger partial charge on any atom is 0.141 e. The Bertz CT molecular complexity index is 566. The van der Waals surface area contributed by atoms with Crippen LogP contribution in [0.5, 0.6) is 5.75 Å². The summed E-state index contributed by atoms with van der Waals surface area (Å²) in [5.41, 5.74) is 8.00. The van der Waals surface area contributed by atoms with Gasteiger partial charge in [0.05, 0.1) is 6.20 Å². The van der Waals surface area contributed by atoms with E-state index in [4.69, 9.17) is 22.1 Å². The topological polar surface area (TPSA) is 53.1 Å². The molecule has 0 amide bonds. The van der Waals surface area contributed by atoms with Crippen LogP contribution in [0.25, 0.3) is 0 Å². The molecule has 1 heterocycles. The van der Waals surface area contributed by atoms with Gasteiger partial charge in [-0.15, -0.1) is 0 Å². The summed E-state index contributed by atoms with van der Waals surface area (Å²) in [5.74, 6) is 0.749. The normalized spacial score (nSPS) is 14.2. The molecule has 2 aromatic rings. The highest BCUT2D eigenvalue weighted by atomic mass is 35.5. The molecule has 0 aliphatic heterocycles. The van der Waals surface area contributed by atoms with Crippen LogP contribution in [0.15, 0.2) is 30.6 Å². The van der Waals surface area contributed by atoms with E-state index in [1.807, 2.05) is 45.3 Å². The van der Waals surface area contributed by atoms with Gasteiger partial charge in [0.25, 0.3) is 0 Å². The Morgan fingerprint density at radius 2 is 2.16 bits per heavy atom. The second-order valence-electron chi connectivity index (χ2n) is 4.75. The quantitative estimate of drug-likeness (QED) is 0.936. The van der Waals surface area contributed by atoms with Crippen LogP contribution in [0.2, 0.25) is 5.02 Å². The molecular formula is C14H18ClN3O. The predicted octanol–water partition coefficient (Wildman–Crippen LogP) is 2.85. The Morgan fingerprint density at radius 1 is 1.42 bits per heavy atom. The van der Waals surface area contributed by atoms with Gasteiger partial charge in [0, 0.05) is 29.9 Å². The number of benzene rings is 1. The molecule has 1 aromatic heterocycles. The van der Waals surface area contributed by atoms with Crippen molar-refractivity contribution in [2.24, 2.45) is 12.8 Å². The van der Waals surface area contributed by atoms with Crippen LogP contribution in [0.4, 0.5) is 0 Å². The van der Waals surface area contributed by atoms with Crippen molar-refractivity contribution in [1.29, 1.82) is 0 Å². The number of hydrogen-bond donors (Lipinski definition) is 1. The van der Waals surface area contributed by atoms with Gasteiger partial charge in [0.15, 0.2) is 0 Å². The number of hydrogen-bond acceptors (Lipinski definition) is 3. The minimum absolute atomic E-state index is 0.150. The van der Waals surface area contributed by atoms with Crippen molar-refractivity contribution < 1.29 is 4.74 Å². The van der Waals surface area contributed by atoms with E-state index in [2.05, 4.69) is 5.10 Å². The lowest BCUT2D eigenvalue weighted by Crippen LogP contribution is -2.29. The van der Waals surface area contributed by atoms with Crippen molar-refractivity contribution in [2.45, 2.75) is 26.0 Å². The average molecular weight is 280 g/mol. The lowest BCUT2D eigenvalue weighted by Gasteiger charge is -2.22. The van der Waals surface area contributed by atoms with E-state index in [0.29, 0.717) is 5.02 Å². The zero-order valence-electron chi connectivity index (χ0n) is 11.3. The summed E-state index contributed by atoms with van der Waals surface area (Å²) in [5, 5.41) is 4.80. The molecule has 0 aliphatic rings. The Hall–Kier alpha value is -1.52. The fraction of sp³-hybridized carbons (Fsp3) is 0.357. The minimum Gasteiger partial charge on any atom is -0.484 e. The van der Waals surface area contributed by atoms with Gasteiger partial charge in [-0.2, -0.15) is 5.10 Å². The molecule has 0 saturated heterocycles. The first-order chi connectivity index (χ1) is 8.97. The maximum absolute atomic E-state index is 6.02. The highest BCUT2D eigenvalue weighted by molar-refractivity contribution is 6.30. The molecular weight excluding hydrogens is 262 g/mol. The SMILES string of the molecule is Cc1ccc(Cl)cc1OC(c1cnn(C)c1)C(C)N. The van der Waals surface area contributed by atoms with Gasteiger partial charge >= 0.3 is 0 Å². The molecule has 5 heteroatoms. The molecule has 2 N–H and O–H groups in total. The predicted molar refractivity (Wildman–Crippen MR) is 76.4 cm³/mol. The number of nitrogens with two attached hydrogens (primary N) is 1. The Morgan fingerprint density at radius 3 is 2.74 bits per heavy atom. The number of nitrogens with zero attached hydrogens (tertiary/aromatic N) is 2. The van der Waals surface area contributed by atoms with Crippen molar-refractivity contribution in [2.75, 3.05) is 0 Å². The van der Waals surface area contributed by atoms with E-state index < -0.39 is 0 Å². The first-order valence-electron chi connectivity index (χ1n) is 6.14. The van der Waals surface area contributed by atoms with E-state index in [-0.39, 0.29) is 12.1 Å². The summed E-state index contributed by atoms with van der Waals surface area (Å²) in [6.45, 7) is 3.89. The molecule has 0 bridgehead atoms. The van der Waals surface area contributed by atoms with Gasteiger partial charge in [0.2, 0.25) is 0 Å². The lowest BCUT2D eigenvalue weighted by atomic mass is 10.1. The highest BCUT2D eigenvalue weighted by Crippen LogP contribution is 2.29. The summed E-state index contributed by atoms with van der Waals surface area (Å²) in [7, 11) is 1.87. The van der Waals surface area contributed by atoms with Crippen LogP contribution < -0.4 is 10.5 Å². The zero-order chi connectivity index (χ0) is 14.0. The fourth-order valence-electron chi connectivity index (χ4n) is 1.90. The van der Waals surface area contributed by atoms with E-state index in [9.17, 15) is 0 Å². The Balaban J connectivity index is 2.29. The third kappa shape index (κ3) is 3.28. The molecule has 102 valence electrons. The van der Waals surface area contributed by atoms with Gasteiger partial charge in [-0.3, -0.25) is 4.68 Å². The second kappa shape index (κ2) is 5.63. The minimum atomic E-state index is -0.245. The van der Waals surface area contributed by atoms with Gasteiger partial charge in [-0.25, -0.2) is 0 Å². The number of ether oxygens (including phenoxy) is 1. The van der Waals surface area contributed by atoms with E-state index >= 15 is 0 Å². The van der Waals surface area contributed by atoms with Gasteiger partial charge < -0.3 is 10.5 Å². The third-order valence-corrected chi connectivity index (χ3v) is 3.17. The van der Waals surface area contributed by atoms with Crippen molar-refractivity contribution >= 4 is 11.6 Å². The summed E-state index contributed by atoms with van der Waals surface area (Å²) < 4.78 is 7.76. The van der Waals surface area contributed by atoms with Crippen molar-refractivity contribution in [1.82, 2.24) is 9.78 Å². The number of rotatable bonds is 4.